The molecule has 1 aromatic heterocycles. The summed E-state index contributed by atoms with van der Waals surface area (Å²) in [7, 11) is 0. The van der Waals surface area contributed by atoms with E-state index in [2.05, 4.69) is 0 Å². The van der Waals surface area contributed by atoms with Gasteiger partial charge in [0.25, 0.3) is 0 Å². The third-order valence-electron chi connectivity index (χ3n) is 3.32. The van der Waals surface area contributed by atoms with Crippen LogP contribution in [-0.4, -0.2) is 5.78 Å². The third kappa shape index (κ3) is 2.38. The van der Waals surface area contributed by atoms with Crippen LogP contribution in [0.4, 0.5) is 5.69 Å². The Bertz CT molecular complexity index is 593. The van der Waals surface area contributed by atoms with E-state index in [1.165, 1.54) is 0 Å². The number of para-hydroxylation sites is 1. The van der Waals surface area contributed by atoms with Crippen LogP contribution in [-0.2, 0) is 11.3 Å². The summed E-state index contributed by atoms with van der Waals surface area (Å²) in [6.45, 7) is 0.464. The lowest BCUT2D eigenvalue weighted by Gasteiger charge is -2.02. The van der Waals surface area contributed by atoms with Crippen LogP contribution in [0.25, 0.3) is 10.9 Å². The number of ketones is 1. The second kappa shape index (κ2) is 5.06. The van der Waals surface area contributed by atoms with Crippen molar-refractivity contribution in [3.8, 4) is 0 Å². The number of hydrogen-bond acceptors (Lipinski definition) is 2. The van der Waals surface area contributed by atoms with Crippen molar-refractivity contribution in [2.24, 2.45) is 5.92 Å². The number of Topliss-reactive ketones (excluding diaryl/α,β-unsaturated/α-hetero) is 1. The molecule has 3 nitrogen and oxygen atoms in total. The van der Waals surface area contributed by atoms with Gasteiger partial charge in [-0.3, -0.25) is 4.79 Å². The molecule has 1 aliphatic carbocycles. The van der Waals surface area contributed by atoms with E-state index >= 15 is 0 Å². The predicted molar refractivity (Wildman–Crippen MR) is 66.3 cm³/mol. The number of benzene rings is 1. The molecule has 0 atom stereocenters. The minimum atomic E-state index is 0. The van der Waals surface area contributed by atoms with Crippen LogP contribution in [0.3, 0.4) is 0 Å². The van der Waals surface area contributed by atoms with Gasteiger partial charge in [0.15, 0.2) is 6.20 Å². The number of nitrogens with two attached hydrogens (primary N) is 1. The first-order valence-electron chi connectivity index (χ1n) is 5.95. The Labute approximate surface area is 116 Å². The highest BCUT2D eigenvalue weighted by atomic mass is 79.9. The maximum atomic E-state index is 11.9. The van der Waals surface area contributed by atoms with E-state index in [0.29, 0.717) is 18.2 Å². The first kappa shape index (κ1) is 13.0. The summed E-state index contributed by atoms with van der Waals surface area (Å²) < 4.78 is 1.99. The number of nitrogen functional groups attached to an aromatic ring is 1. The highest BCUT2D eigenvalue weighted by Gasteiger charge is 2.32. The molecule has 3 rings (SSSR count). The molecular weight excluding hydrogens is 292 g/mol. The molecule has 1 aromatic carbocycles. The normalized spacial score (nSPS) is 14.2. The second-order valence-corrected chi connectivity index (χ2v) is 4.66. The fraction of sp³-hybridized carbons (Fsp3) is 0.286. The Balaban J connectivity index is 0.00000120. The van der Waals surface area contributed by atoms with Crippen molar-refractivity contribution >= 4 is 22.4 Å². The summed E-state index contributed by atoms with van der Waals surface area (Å²) in [4.78, 5) is 11.9. The molecule has 0 amide bonds. The number of hydrogen-bond donors (Lipinski definition) is 1. The molecule has 2 aromatic rings. The molecule has 0 saturated heterocycles. The first-order valence-corrected chi connectivity index (χ1v) is 5.95. The van der Waals surface area contributed by atoms with Crippen molar-refractivity contribution in [1.29, 1.82) is 0 Å². The number of aromatic nitrogens is 1. The molecular formula is C14H15BrN2O. The fourth-order valence-corrected chi connectivity index (χ4v) is 2.15. The summed E-state index contributed by atoms with van der Waals surface area (Å²) in [5.74, 6) is 0.642. The largest absolute Gasteiger partial charge is 1.00 e. The lowest BCUT2D eigenvalue weighted by Crippen LogP contribution is -3.00. The van der Waals surface area contributed by atoms with E-state index < -0.39 is 0 Å². The molecule has 0 aliphatic heterocycles. The standard InChI is InChI=1S/C14H14N2O.BrH/c15-12-7-8-16(9-14(17)10-5-6-10)13-4-2-1-3-11(12)13;/h1-4,7-8,10,15H,5-6,9H2;1H. The Morgan fingerprint density at radius 1 is 1.28 bits per heavy atom. The zero-order valence-electron chi connectivity index (χ0n) is 9.97. The van der Waals surface area contributed by atoms with Crippen LogP contribution < -0.4 is 27.3 Å². The summed E-state index contributed by atoms with van der Waals surface area (Å²) >= 11 is 0. The molecule has 94 valence electrons. The SMILES string of the molecule is Nc1cc[n+](CC(=O)C2CC2)c2ccccc12.[Br-]. The van der Waals surface area contributed by atoms with Crippen molar-refractivity contribution in [2.45, 2.75) is 19.4 Å². The molecule has 18 heavy (non-hydrogen) atoms. The van der Waals surface area contributed by atoms with Gasteiger partial charge in [0.05, 0.1) is 11.1 Å². The summed E-state index contributed by atoms with van der Waals surface area (Å²) in [5, 5.41) is 1.01. The van der Waals surface area contributed by atoms with E-state index in [4.69, 9.17) is 5.73 Å². The van der Waals surface area contributed by atoms with Crippen LogP contribution in [0.15, 0.2) is 36.5 Å². The van der Waals surface area contributed by atoms with Gasteiger partial charge in [-0.25, -0.2) is 0 Å². The van der Waals surface area contributed by atoms with Crippen molar-refractivity contribution in [3.63, 3.8) is 0 Å². The highest BCUT2D eigenvalue weighted by Crippen LogP contribution is 2.29. The molecule has 2 N–H and O–H groups in total. The number of halogens is 1. The third-order valence-corrected chi connectivity index (χ3v) is 3.32. The summed E-state index contributed by atoms with van der Waals surface area (Å²) in [5.41, 5.74) is 7.72. The molecule has 1 heterocycles. The van der Waals surface area contributed by atoms with Crippen LogP contribution in [0.2, 0.25) is 0 Å². The summed E-state index contributed by atoms with van der Waals surface area (Å²) in [6, 6.07) is 9.79. The number of pyridine rings is 1. The van der Waals surface area contributed by atoms with Crippen LogP contribution in [0.5, 0.6) is 0 Å². The van der Waals surface area contributed by atoms with E-state index in [1.54, 1.807) is 0 Å². The number of anilines is 1. The lowest BCUT2D eigenvalue weighted by atomic mass is 10.1. The van der Waals surface area contributed by atoms with E-state index in [9.17, 15) is 4.79 Å². The van der Waals surface area contributed by atoms with Gasteiger partial charge >= 0.3 is 0 Å². The minimum Gasteiger partial charge on any atom is -1.00 e. The number of rotatable bonds is 3. The maximum Gasteiger partial charge on any atom is 0.214 e. The van der Waals surface area contributed by atoms with E-state index in [0.717, 1.165) is 29.4 Å². The van der Waals surface area contributed by atoms with Crippen molar-refractivity contribution in [1.82, 2.24) is 0 Å². The number of nitrogens with zero attached hydrogens (tertiary/aromatic N) is 1. The summed E-state index contributed by atoms with van der Waals surface area (Å²) in [6.07, 6.45) is 4.02. The van der Waals surface area contributed by atoms with Gasteiger partial charge < -0.3 is 22.7 Å². The van der Waals surface area contributed by atoms with Crippen molar-refractivity contribution in [3.05, 3.63) is 36.5 Å². The number of carbonyl (C=O) groups is 1. The molecule has 0 radical (unpaired) electrons. The topological polar surface area (TPSA) is 47.0 Å². The van der Waals surface area contributed by atoms with Crippen molar-refractivity contribution < 1.29 is 26.3 Å². The first-order chi connectivity index (χ1) is 8.25. The van der Waals surface area contributed by atoms with Crippen LogP contribution in [0.1, 0.15) is 12.8 Å². The second-order valence-electron chi connectivity index (χ2n) is 4.66. The van der Waals surface area contributed by atoms with Gasteiger partial charge in [0.1, 0.15) is 0 Å². The Kier molecular flexibility index (Phi) is 3.66. The molecule has 0 spiro atoms. The Morgan fingerprint density at radius 2 is 2.00 bits per heavy atom. The molecule has 0 bridgehead atoms. The van der Waals surface area contributed by atoms with Gasteiger partial charge in [-0.05, 0) is 18.9 Å². The van der Waals surface area contributed by atoms with Gasteiger partial charge in [-0.1, -0.05) is 12.1 Å². The molecule has 0 unspecified atom stereocenters. The van der Waals surface area contributed by atoms with Gasteiger partial charge in [-0.2, -0.15) is 4.57 Å². The quantitative estimate of drug-likeness (QED) is 0.716. The molecule has 1 fully saturated rings. The van der Waals surface area contributed by atoms with Crippen LogP contribution in [0, 0.1) is 5.92 Å². The number of carbonyl (C=O) groups excluding carboxylic acids is 1. The lowest BCUT2D eigenvalue weighted by molar-refractivity contribution is -0.658. The molecule has 1 saturated carbocycles. The Morgan fingerprint density at radius 3 is 2.72 bits per heavy atom. The zero-order valence-corrected chi connectivity index (χ0v) is 11.6. The van der Waals surface area contributed by atoms with Crippen LogP contribution >= 0.6 is 0 Å². The molecule has 1 aliphatic rings. The average molecular weight is 307 g/mol. The number of fused-ring (bicyclic) bond motifs is 1. The molecule has 4 heteroatoms. The smallest absolute Gasteiger partial charge is 0.214 e. The monoisotopic (exact) mass is 306 g/mol. The Hall–Kier alpha value is -1.42. The van der Waals surface area contributed by atoms with Gasteiger partial charge in [0, 0.05) is 18.1 Å². The highest BCUT2D eigenvalue weighted by molar-refractivity contribution is 5.88. The minimum absolute atomic E-state index is 0. The maximum absolute atomic E-state index is 11.9. The average Bonchev–Trinajstić information content (AvgIpc) is 3.17. The fourth-order valence-electron chi connectivity index (χ4n) is 2.15. The van der Waals surface area contributed by atoms with Crippen molar-refractivity contribution in [2.75, 3.05) is 5.73 Å². The van der Waals surface area contributed by atoms with E-state index in [1.807, 2.05) is 41.1 Å². The zero-order chi connectivity index (χ0) is 11.8. The predicted octanol–water partition coefficient (Wildman–Crippen LogP) is -1.31. The van der Waals surface area contributed by atoms with Gasteiger partial charge in [-0.15, -0.1) is 0 Å². The van der Waals surface area contributed by atoms with E-state index in [-0.39, 0.29) is 17.0 Å². The van der Waals surface area contributed by atoms with Gasteiger partial charge in [0.2, 0.25) is 17.8 Å².